The van der Waals surface area contributed by atoms with Gasteiger partial charge in [-0.3, -0.25) is 0 Å². The molecule has 12 aromatic rings. The molecule has 0 radical (unpaired) electrons. The van der Waals surface area contributed by atoms with Crippen LogP contribution in [0.3, 0.4) is 0 Å². The maximum atomic E-state index is 14.8. The van der Waals surface area contributed by atoms with Gasteiger partial charge in [-0.05, 0) is 154 Å². The lowest BCUT2D eigenvalue weighted by Crippen LogP contribution is -2.12. The van der Waals surface area contributed by atoms with Crippen molar-refractivity contribution in [3.05, 3.63) is 238 Å². The first-order valence-electron chi connectivity index (χ1n) is 28.0. The number of nitrogens with zero attached hydrogens (tertiary/aromatic N) is 4. The third-order valence-electron chi connectivity index (χ3n) is 16.4. The molecule has 2 heterocycles. The Bertz CT molecular complexity index is 4760. The topological polar surface area (TPSA) is 57.4 Å². The van der Waals surface area contributed by atoms with Crippen molar-refractivity contribution in [2.24, 2.45) is 0 Å². The van der Waals surface area contributed by atoms with E-state index in [4.69, 9.17) is 0 Å². The Labute approximate surface area is 533 Å². The first-order valence-corrected chi connectivity index (χ1v) is 28.0. The Morgan fingerprint density at radius 3 is 0.643 bits per heavy atom. The minimum Gasteiger partial charge on any atom is -0.309 e. The standard InChI is InChI=1S/C70H30F24N4/c71-63(72,73)39-7-17-45(55(25-39)67(83,84)85)33-3-13-49-50-14-4-34(46-18-8-40(64(74,75)76)26-56(46)68(86,87)88)22-60(50)97(59(49)21-33)43-11-1-37(31-95)53(29-43)54-30-44(12-2-38(54)32-96)98-61-23-35(47-19-9-41(65(77,78)79)27-57(47)69(89,90)91)5-15-51(61)52-16-6-36(24-62(52)98)48-20-10-42(66(80,81)82)28-58(48)70(92,93)94/h1-30H. The number of hydrogen-bond acceptors (Lipinski definition) is 2. The van der Waals surface area contributed by atoms with Gasteiger partial charge in [-0.15, -0.1) is 0 Å². The fourth-order valence-electron chi connectivity index (χ4n) is 12.1. The zero-order chi connectivity index (χ0) is 71.1. The molecule has 498 valence electrons. The molecule has 0 spiro atoms. The molecule has 0 aliphatic carbocycles. The van der Waals surface area contributed by atoms with E-state index in [1.54, 1.807) is 0 Å². The third kappa shape index (κ3) is 12.1. The van der Waals surface area contributed by atoms with Crippen molar-refractivity contribution < 1.29 is 105 Å². The van der Waals surface area contributed by atoms with Crippen LogP contribution in [0.5, 0.6) is 0 Å². The van der Waals surface area contributed by atoms with Crippen molar-refractivity contribution >= 4 is 43.6 Å². The minimum absolute atomic E-state index is 0.0762. The lowest BCUT2D eigenvalue weighted by atomic mass is 9.94. The van der Waals surface area contributed by atoms with E-state index >= 15 is 0 Å². The fourth-order valence-corrected chi connectivity index (χ4v) is 12.1. The number of hydrogen-bond donors (Lipinski definition) is 0. The van der Waals surface area contributed by atoms with Gasteiger partial charge in [0.2, 0.25) is 0 Å². The summed E-state index contributed by atoms with van der Waals surface area (Å²) < 4.78 is 347. The largest absolute Gasteiger partial charge is 0.417 e. The van der Waals surface area contributed by atoms with E-state index < -0.39 is 138 Å². The zero-order valence-corrected chi connectivity index (χ0v) is 48.2. The van der Waals surface area contributed by atoms with E-state index in [1.165, 1.54) is 57.7 Å². The summed E-state index contributed by atoms with van der Waals surface area (Å²) in [5.41, 5.74) is -20.8. The summed E-state index contributed by atoms with van der Waals surface area (Å²) in [7, 11) is 0. The number of aromatic nitrogens is 2. The van der Waals surface area contributed by atoms with Gasteiger partial charge in [0.25, 0.3) is 0 Å². The van der Waals surface area contributed by atoms with Gasteiger partial charge in [0, 0.05) is 44.0 Å². The Balaban J connectivity index is 1.14. The highest BCUT2D eigenvalue weighted by atomic mass is 19.4. The Hall–Kier alpha value is -10.9. The molecular weight excluding hydrogens is 1350 g/mol. The highest BCUT2D eigenvalue weighted by Crippen LogP contribution is 2.50. The molecule has 0 fully saturated rings. The fraction of sp³-hybridized carbons (Fsp3) is 0.114. The number of fused-ring (bicyclic) bond motifs is 6. The van der Waals surface area contributed by atoms with Crippen LogP contribution in [0.2, 0.25) is 0 Å². The summed E-state index contributed by atoms with van der Waals surface area (Å²) in [5.74, 6) is 0. The van der Waals surface area contributed by atoms with Crippen molar-refractivity contribution in [2.45, 2.75) is 49.4 Å². The molecule has 2 aromatic heterocycles. The third-order valence-corrected chi connectivity index (χ3v) is 16.4. The van der Waals surface area contributed by atoms with Crippen molar-refractivity contribution in [2.75, 3.05) is 0 Å². The van der Waals surface area contributed by atoms with Gasteiger partial charge in [0.05, 0.1) is 89.8 Å². The van der Waals surface area contributed by atoms with Crippen LogP contribution in [0.4, 0.5) is 105 Å². The van der Waals surface area contributed by atoms with Crippen molar-refractivity contribution in [1.29, 1.82) is 10.5 Å². The minimum atomic E-state index is -5.45. The van der Waals surface area contributed by atoms with Crippen LogP contribution in [0.15, 0.2) is 182 Å². The maximum absolute atomic E-state index is 14.8. The van der Waals surface area contributed by atoms with Crippen LogP contribution in [0.1, 0.15) is 55.6 Å². The summed E-state index contributed by atoms with van der Waals surface area (Å²) in [6.07, 6.45) is -42.9. The summed E-state index contributed by atoms with van der Waals surface area (Å²) >= 11 is 0. The summed E-state index contributed by atoms with van der Waals surface area (Å²) in [4.78, 5) is 0. The summed E-state index contributed by atoms with van der Waals surface area (Å²) in [5, 5.41) is 21.9. The van der Waals surface area contributed by atoms with Crippen molar-refractivity contribution in [1.82, 2.24) is 9.13 Å². The molecule has 28 heteroatoms. The lowest BCUT2D eigenvalue weighted by Gasteiger charge is -2.18. The van der Waals surface area contributed by atoms with Gasteiger partial charge >= 0.3 is 49.4 Å². The molecule has 0 amide bonds. The van der Waals surface area contributed by atoms with Gasteiger partial charge in [0.1, 0.15) is 0 Å². The molecule has 4 nitrogen and oxygen atoms in total. The summed E-state index contributed by atoms with van der Waals surface area (Å²) in [6, 6.07) is 27.5. The molecule has 0 aliphatic heterocycles. The summed E-state index contributed by atoms with van der Waals surface area (Å²) in [6.45, 7) is 0. The predicted octanol–water partition coefficient (Wildman–Crippen LogP) is 24.1. The first-order chi connectivity index (χ1) is 45.5. The zero-order valence-electron chi connectivity index (χ0n) is 48.2. The van der Waals surface area contributed by atoms with E-state index in [0.717, 1.165) is 60.7 Å². The number of halogens is 24. The normalized spacial score (nSPS) is 13.1. The van der Waals surface area contributed by atoms with E-state index in [-0.39, 0.29) is 102 Å². The Kier molecular flexibility index (Phi) is 15.7. The van der Waals surface area contributed by atoms with Crippen LogP contribution in [0.25, 0.3) is 111 Å². The average Bonchev–Trinajstić information content (AvgIpc) is 1.57. The molecule has 0 aliphatic rings. The van der Waals surface area contributed by atoms with E-state index in [1.807, 2.05) is 12.1 Å². The first kappa shape index (κ1) is 67.1. The molecule has 98 heavy (non-hydrogen) atoms. The maximum Gasteiger partial charge on any atom is 0.417 e. The lowest BCUT2D eigenvalue weighted by molar-refractivity contribution is -0.144. The van der Waals surface area contributed by atoms with E-state index in [9.17, 15) is 116 Å². The van der Waals surface area contributed by atoms with Crippen LogP contribution in [0, 0.1) is 22.7 Å². The molecular formula is C70H30F24N4. The van der Waals surface area contributed by atoms with Gasteiger partial charge in [-0.25, -0.2) is 0 Å². The quantitative estimate of drug-likeness (QED) is 0.149. The Morgan fingerprint density at radius 2 is 0.449 bits per heavy atom. The highest BCUT2D eigenvalue weighted by molar-refractivity contribution is 6.13. The molecule has 0 atom stereocenters. The van der Waals surface area contributed by atoms with Gasteiger partial charge < -0.3 is 9.13 Å². The molecule has 10 aromatic carbocycles. The van der Waals surface area contributed by atoms with Gasteiger partial charge in [0.15, 0.2) is 0 Å². The smallest absolute Gasteiger partial charge is 0.309 e. The van der Waals surface area contributed by atoms with E-state index in [2.05, 4.69) is 0 Å². The second-order valence-corrected chi connectivity index (χ2v) is 22.3. The number of alkyl halides is 24. The van der Waals surface area contributed by atoms with Crippen LogP contribution >= 0.6 is 0 Å². The van der Waals surface area contributed by atoms with Crippen LogP contribution in [-0.4, -0.2) is 9.13 Å². The molecule has 12 rings (SSSR count). The van der Waals surface area contributed by atoms with E-state index in [0.29, 0.717) is 48.5 Å². The predicted molar refractivity (Wildman–Crippen MR) is 312 cm³/mol. The number of rotatable bonds is 7. The van der Waals surface area contributed by atoms with Crippen LogP contribution in [-0.2, 0) is 49.4 Å². The monoisotopic (exact) mass is 1380 g/mol. The second kappa shape index (κ2) is 22.9. The second-order valence-electron chi connectivity index (χ2n) is 22.3. The SMILES string of the molecule is N#Cc1ccc(-n2c3cc(-c4ccc(C(F)(F)F)cc4C(F)(F)F)ccc3c3ccc(-c4ccc(C(F)(F)F)cc4C(F)(F)F)cc32)cc1-c1cc(-n2c3cc(-c4ccc(C(F)(F)F)cc4C(F)(F)F)ccc3c3ccc(-c4ccc(C(F)(F)F)cc4C(F)(F)F)cc32)ccc1C#N. The van der Waals surface area contributed by atoms with Crippen LogP contribution < -0.4 is 0 Å². The number of nitriles is 2. The van der Waals surface area contributed by atoms with Gasteiger partial charge in [-0.1, -0.05) is 72.8 Å². The van der Waals surface area contributed by atoms with Gasteiger partial charge in [-0.2, -0.15) is 116 Å². The van der Waals surface area contributed by atoms with Crippen molar-refractivity contribution in [3.8, 4) is 79.1 Å². The molecule has 0 saturated heterocycles. The highest BCUT2D eigenvalue weighted by Gasteiger charge is 2.43. The molecule has 0 bridgehead atoms. The number of benzene rings is 10. The molecule has 0 saturated carbocycles. The average molecular weight is 1380 g/mol. The molecule has 0 N–H and O–H groups in total. The van der Waals surface area contributed by atoms with Crippen molar-refractivity contribution in [3.63, 3.8) is 0 Å². The molecule has 0 unspecified atom stereocenters. The Morgan fingerprint density at radius 1 is 0.224 bits per heavy atom.